The summed E-state index contributed by atoms with van der Waals surface area (Å²) in [5.41, 5.74) is 2.76. The van der Waals surface area contributed by atoms with Gasteiger partial charge < -0.3 is 24.5 Å². The molecule has 0 saturated carbocycles. The zero-order chi connectivity index (χ0) is 18.1. The van der Waals surface area contributed by atoms with Crippen LogP contribution in [0.1, 0.15) is 39.0 Å². The average molecular weight is 344 g/mol. The maximum Gasteiger partial charge on any atom is 0.339 e. The Kier molecular flexibility index (Phi) is 4.39. The minimum Gasteiger partial charge on any atom is -0.465 e. The summed E-state index contributed by atoms with van der Waals surface area (Å²) in [5, 5.41) is 3.15. The molecule has 0 amide bonds. The lowest BCUT2D eigenvalue weighted by atomic mass is 10.0. The lowest BCUT2D eigenvalue weighted by Gasteiger charge is -2.14. The molecule has 1 atom stereocenters. The SMILES string of the molecule is COC(=O)c1c(C)[nH]c(C(=O)[C@H](C)Nc2ccc3c(c2)OCO3)c1C. The molecule has 2 N–H and O–H groups in total. The van der Waals surface area contributed by atoms with Crippen LogP contribution in [0.5, 0.6) is 11.5 Å². The number of nitrogens with one attached hydrogen (secondary N) is 2. The number of methoxy groups -OCH3 is 1. The highest BCUT2D eigenvalue weighted by Crippen LogP contribution is 2.34. The molecule has 0 bridgehead atoms. The molecule has 0 radical (unpaired) electrons. The van der Waals surface area contributed by atoms with Gasteiger partial charge >= 0.3 is 5.97 Å². The van der Waals surface area contributed by atoms with Crippen LogP contribution in [0.15, 0.2) is 18.2 Å². The largest absolute Gasteiger partial charge is 0.465 e. The van der Waals surface area contributed by atoms with Crippen molar-refractivity contribution in [3.8, 4) is 11.5 Å². The highest BCUT2D eigenvalue weighted by atomic mass is 16.7. The molecule has 1 aliphatic heterocycles. The van der Waals surface area contributed by atoms with Crippen molar-refractivity contribution < 1.29 is 23.8 Å². The number of aromatic nitrogens is 1. The Hall–Kier alpha value is -2.96. The summed E-state index contributed by atoms with van der Waals surface area (Å²) < 4.78 is 15.4. The molecule has 132 valence electrons. The second-order valence-corrected chi connectivity index (χ2v) is 5.91. The zero-order valence-electron chi connectivity index (χ0n) is 14.6. The summed E-state index contributed by atoms with van der Waals surface area (Å²) in [4.78, 5) is 27.6. The van der Waals surface area contributed by atoms with Gasteiger partial charge in [-0.3, -0.25) is 4.79 Å². The standard InChI is InChI=1S/C18H20N2O5/c1-9-15(18(22)23-4)10(2)20-16(9)17(21)11(3)19-12-5-6-13-14(7-12)25-8-24-13/h5-7,11,19-20H,8H2,1-4H3/t11-/m0/s1. The highest BCUT2D eigenvalue weighted by Gasteiger charge is 2.25. The van der Waals surface area contributed by atoms with Gasteiger partial charge in [-0.15, -0.1) is 0 Å². The number of hydrogen-bond donors (Lipinski definition) is 2. The first kappa shape index (κ1) is 16.9. The van der Waals surface area contributed by atoms with Crippen LogP contribution in [0.4, 0.5) is 5.69 Å². The number of rotatable bonds is 5. The zero-order valence-corrected chi connectivity index (χ0v) is 14.6. The fourth-order valence-electron chi connectivity index (χ4n) is 2.92. The Morgan fingerprint density at radius 3 is 2.68 bits per heavy atom. The first-order chi connectivity index (χ1) is 11.9. The summed E-state index contributed by atoms with van der Waals surface area (Å²) in [5.74, 6) is 0.725. The third-order valence-electron chi connectivity index (χ3n) is 4.22. The fraction of sp³-hybridized carbons (Fsp3) is 0.333. The quantitative estimate of drug-likeness (QED) is 0.640. The van der Waals surface area contributed by atoms with E-state index in [1.807, 2.05) is 6.07 Å². The number of esters is 1. The van der Waals surface area contributed by atoms with E-state index in [-0.39, 0.29) is 12.6 Å². The highest BCUT2D eigenvalue weighted by molar-refractivity contribution is 6.04. The van der Waals surface area contributed by atoms with Gasteiger partial charge in [0.15, 0.2) is 11.5 Å². The Bertz CT molecular complexity index is 840. The number of H-pyrrole nitrogens is 1. The van der Waals surface area contributed by atoms with Crippen molar-refractivity contribution in [2.24, 2.45) is 0 Å². The number of fused-ring (bicyclic) bond motifs is 1. The van der Waals surface area contributed by atoms with Gasteiger partial charge in [0.1, 0.15) is 0 Å². The van der Waals surface area contributed by atoms with E-state index in [0.717, 1.165) is 5.69 Å². The van der Waals surface area contributed by atoms with Crippen molar-refractivity contribution in [1.29, 1.82) is 0 Å². The van der Waals surface area contributed by atoms with Crippen LogP contribution in [0.3, 0.4) is 0 Å². The van der Waals surface area contributed by atoms with E-state index in [9.17, 15) is 9.59 Å². The van der Waals surface area contributed by atoms with Gasteiger partial charge in [-0.25, -0.2) is 4.79 Å². The molecule has 0 aliphatic carbocycles. The number of carbonyl (C=O) groups is 2. The molecule has 7 nitrogen and oxygen atoms in total. The van der Waals surface area contributed by atoms with E-state index in [1.165, 1.54) is 7.11 Å². The molecular weight excluding hydrogens is 324 g/mol. The molecule has 7 heteroatoms. The van der Waals surface area contributed by atoms with E-state index >= 15 is 0 Å². The smallest absolute Gasteiger partial charge is 0.339 e. The number of benzene rings is 1. The van der Waals surface area contributed by atoms with Crippen LogP contribution < -0.4 is 14.8 Å². The predicted molar refractivity (Wildman–Crippen MR) is 91.6 cm³/mol. The van der Waals surface area contributed by atoms with Crippen molar-refractivity contribution in [3.63, 3.8) is 0 Å². The van der Waals surface area contributed by atoms with Crippen molar-refractivity contribution >= 4 is 17.4 Å². The first-order valence-electron chi connectivity index (χ1n) is 7.90. The van der Waals surface area contributed by atoms with E-state index in [4.69, 9.17) is 14.2 Å². The molecule has 1 aliphatic rings. The van der Waals surface area contributed by atoms with Gasteiger partial charge in [-0.2, -0.15) is 0 Å². The number of aryl methyl sites for hydroxylation is 1. The molecule has 0 saturated heterocycles. The molecule has 1 aromatic carbocycles. The maximum absolute atomic E-state index is 12.8. The van der Waals surface area contributed by atoms with E-state index in [0.29, 0.717) is 34.0 Å². The number of carbonyl (C=O) groups excluding carboxylic acids is 2. The number of ketones is 1. The molecule has 3 rings (SSSR count). The summed E-state index contributed by atoms with van der Waals surface area (Å²) in [6, 6.07) is 4.91. The van der Waals surface area contributed by atoms with E-state index in [1.54, 1.807) is 32.9 Å². The molecule has 25 heavy (non-hydrogen) atoms. The Labute approximate surface area is 145 Å². The molecule has 0 unspecified atom stereocenters. The van der Waals surface area contributed by atoms with Gasteiger partial charge in [-0.05, 0) is 38.5 Å². The summed E-state index contributed by atoms with van der Waals surface area (Å²) >= 11 is 0. The fourth-order valence-corrected chi connectivity index (χ4v) is 2.92. The number of Topliss-reactive ketones (excluding diaryl/α,β-unsaturated/α-hetero) is 1. The second kappa shape index (κ2) is 6.51. The predicted octanol–water partition coefficient (Wildman–Crippen LogP) is 2.83. The lowest BCUT2D eigenvalue weighted by Crippen LogP contribution is -2.27. The van der Waals surface area contributed by atoms with Gasteiger partial charge in [0, 0.05) is 17.4 Å². The number of aromatic amines is 1. The normalized spacial score (nSPS) is 13.4. The minimum absolute atomic E-state index is 0.145. The molecule has 0 spiro atoms. The lowest BCUT2D eigenvalue weighted by molar-refractivity contribution is 0.0599. The summed E-state index contributed by atoms with van der Waals surface area (Å²) in [7, 11) is 1.32. The van der Waals surface area contributed by atoms with Crippen molar-refractivity contribution in [3.05, 3.63) is 40.7 Å². The second-order valence-electron chi connectivity index (χ2n) is 5.91. The monoisotopic (exact) mass is 344 g/mol. The third-order valence-corrected chi connectivity index (χ3v) is 4.22. The van der Waals surface area contributed by atoms with Gasteiger partial charge in [0.05, 0.1) is 24.4 Å². The molecule has 2 aromatic rings. The Morgan fingerprint density at radius 2 is 1.96 bits per heavy atom. The van der Waals surface area contributed by atoms with Gasteiger partial charge in [-0.1, -0.05) is 0 Å². The Morgan fingerprint density at radius 1 is 1.24 bits per heavy atom. The molecule has 2 heterocycles. The van der Waals surface area contributed by atoms with Crippen LogP contribution in [0.2, 0.25) is 0 Å². The van der Waals surface area contributed by atoms with E-state index in [2.05, 4.69) is 10.3 Å². The summed E-state index contributed by atoms with van der Waals surface area (Å²) in [6.07, 6.45) is 0. The van der Waals surface area contributed by atoms with Crippen LogP contribution in [0, 0.1) is 13.8 Å². The Balaban J connectivity index is 1.80. The van der Waals surface area contributed by atoms with Crippen molar-refractivity contribution in [1.82, 2.24) is 4.98 Å². The summed E-state index contributed by atoms with van der Waals surface area (Å²) in [6.45, 7) is 5.44. The van der Waals surface area contributed by atoms with Crippen molar-refractivity contribution in [2.75, 3.05) is 19.2 Å². The van der Waals surface area contributed by atoms with Crippen LogP contribution in [-0.4, -0.2) is 36.7 Å². The van der Waals surface area contributed by atoms with Crippen LogP contribution >= 0.6 is 0 Å². The number of anilines is 1. The number of hydrogen-bond acceptors (Lipinski definition) is 6. The molecule has 0 fully saturated rings. The third kappa shape index (κ3) is 3.05. The van der Waals surface area contributed by atoms with Gasteiger partial charge in [0.2, 0.25) is 12.6 Å². The number of ether oxygens (including phenoxy) is 3. The van der Waals surface area contributed by atoms with Gasteiger partial charge in [0.25, 0.3) is 0 Å². The molecular formula is C18H20N2O5. The maximum atomic E-state index is 12.8. The van der Waals surface area contributed by atoms with Crippen LogP contribution in [0.25, 0.3) is 0 Å². The van der Waals surface area contributed by atoms with Crippen molar-refractivity contribution in [2.45, 2.75) is 26.8 Å². The average Bonchev–Trinajstić information content (AvgIpc) is 3.17. The molecule has 1 aromatic heterocycles. The minimum atomic E-state index is -0.498. The first-order valence-corrected chi connectivity index (χ1v) is 7.90. The van der Waals surface area contributed by atoms with Crippen LogP contribution in [-0.2, 0) is 4.74 Å². The topological polar surface area (TPSA) is 89.7 Å². The van der Waals surface area contributed by atoms with E-state index < -0.39 is 12.0 Å².